The molecule has 2 heterocycles. The Kier molecular flexibility index (Phi) is 2.33. The molecule has 2 aromatic rings. The van der Waals surface area contributed by atoms with E-state index in [0.717, 1.165) is 10.7 Å². The van der Waals surface area contributed by atoms with Crippen LogP contribution in [0.4, 0.5) is 0 Å². The zero-order valence-electron chi connectivity index (χ0n) is 8.31. The molecule has 2 rings (SSSR count). The third-order valence-electron chi connectivity index (χ3n) is 1.74. The van der Waals surface area contributed by atoms with Gasteiger partial charge in [0.05, 0.1) is 0 Å². The minimum absolute atomic E-state index is 0.261. The minimum atomic E-state index is 0.261. The molecule has 2 aromatic heterocycles. The van der Waals surface area contributed by atoms with Crippen molar-refractivity contribution in [3.63, 3.8) is 0 Å². The molecule has 0 unspecified atom stereocenters. The van der Waals surface area contributed by atoms with Gasteiger partial charge in [0.15, 0.2) is 5.01 Å². The molecule has 74 valence electrons. The van der Waals surface area contributed by atoms with E-state index in [1.54, 1.807) is 0 Å². The number of hydrogen-bond donors (Lipinski definition) is 0. The first-order valence-electron chi connectivity index (χ1n) is 4.42. The molecule has 0 bridgehead atoms. The highest BCUT2D eigenvalue weighted by Gasteiger charge is 2.13. The van der Waals surface area contributed by atoms with Crippen molar-refractivity contribution in [1.29, 1.82) is 0 Å². The Hall–Kier alpha value is -1.23. The Labute approximate surface area is 86.0 Å². The summed E-state index contributed by atoms with van der Waals surface area (Å²) in [6.45, 7) is 5.98. The smallest absolute Gasteiger partial charge is 0.276 e. The van der Waals surface area contributed by atoms with Crippen LogP contribution < -0.4 is 0 Å². The van der Waals surface area contributed by atoms with Gasteiger partial charge in [-0.15, -0.1) is 21.5 Å². The van der Waals surface area contributed by atoms with Crippen LogP contribution in [0.25, 0.3) is 10.9 Å². The quantitative estimate of drug-likeness (QED) is 0.763. The van der Waals surface area contributed by atoms with Gasteiger partial charge in [-0.2, -0.15) is 0 Å². The van der Waals surface area contributed by atoms with E-state index >= 15 is 0 Å². The highest BCUT2D eigenvalue weighted by Crippen LogP contribution is 2.23. The van der Waals surface area contributed by atoms with Crippen LogP contribution in [0.15, 0.2) is 9.80 Å². The number of aromatic nitrogens is 3. The summed E-state index contributed by atoms with van der Waals surface area (Å²) in [6, 6.07) is 0. The standard InChI is InChI=1S/C9H11N3OS/c1-5(2)7-11-12-8(13-7)9-10-6(3)4-14-9/h4-5H,1-3H3. The molecule has 0 aliphatic heterocycles. The van der Waals surface area contributed by atoms with E-state index in [0.29, 0.717) is 11.8 Å². The maximum absolute atomic E-state index is 5.47. The van der Waals surface area contributed by atoms with Crippen molar-refractivity contribution in [2.45, 2.75) is 26.7 Å². The Morgan fingerprint density at radius 3 is 2.64 bits per heavy atom. The molecule has 0 N–H and O–H groups in total. The molecule has 0 atom stereocenters. The second-order valence-corrected chi connectivity index (χ2v) is 4.25. The minimum Gasteiger partial charge on any atom is -0.418 e. The zero-order valence-corrected chi connectivity index (χ0v) is 9.13. The third-order valence-corrected chi connectivity index (χ3v) is 2.68. The maximum Gasteiger partial charge on any atom is 0.276 e. The third kappa shape index (κ3) is 1.68. The van der Waals surface area contributed by atoms with Gasteiger partial charge in [-0.25, -0.2) is 4.98 Å². The predicted molar refractivity (Wildman–Crippen MR) is 54.2 cm³/mol. The number of thiazole rings is 1. The van der Waals surface area contributed by atoms with Gasteiger partial charge in [0.2, 0.25) is 5.89 Å². The Morgan fingerprint density at radius 1 is 1.36 bits per heavy atom. The Morgan fingerprint density at radius 2 is 2.14 bits per heavy atom. The summed E-state index contributed by atoms with van der Waals surface area (Å²) in [5.41, 5.74) is 0.981. The first kappa shape index (κ1) is 9.33. The van der Waals surface area contributed by atoms with E-state index in [2.05, 4.69) is 15.2 Å². The largest absolute Gasteiger partial charge is 0.418 e. The predicted octanol–water partition coefficient (Wildman–Crippen LogP) is 2.62. The van der Waals surface area contributed by atoms with E-state index in [1.165, 1.54) is 11.3 Å². The molecule has 14 heavy (non-hydrogen) atoms. The highest BCUT2D eigenvalue weighted by atomic mass is 32.1. The topological polar surface area (TPSA) is 51.8 Å². The van der Waals surface area contributed by atoms with Gasteiger partial charge in [-0.1, -0.05) is 13.8 Å². The SMILES string of the molecule is Cc1csc(-c2nnc(C(C)C)o2)n1. The summed E-state index contributed by atoms with van der Waals surface area (Å²) >= 11 is 1.52. The first-order chi connectivity index (χ1) is 6.66. The molecule has 0 aromatic carbocycles. The van der Waals surface area contributed by atoms with Crippen LogP contribution in [-0.2, 0) is 0 Å². The van der Waals surface area contributed by atoms with Gasteiger partial charge in [0.1, 0.15) is 0 Å². The van der Waals surface area contributed by atoms with Crippen molar-refractivity contribution in [2.24, 2.45) is 0 Å². The molecular weight excluding hydrogens is 198 g/mol. The average Bonchev–Trinajstić information content (AvgIpc) is 2.70. The molecule has 0 radical (unpaired) electrons. The second kappa shape index (κ2) is 3.49. The first-order valence-corrected chi connectivity index (χ1v) is 5.30. The molecule has 0 aliphatic rings. The number of aryl methyl sites for hydroxylation is 1. The van der Waals surface area contributed by atoms with Gasteiger partial charge in [0, 0.05) is 17.0 Å². The molecule has 0 aliphatic carbocycles. The zero-order chi connectivity index (χ0) is 10.1. The van der Waals surface area contributed by atoms with Gasteiger partial charge in [0.25, 0.3) is 5.89 Å². The van der Waals surface area contributed by atoms with Gasteiger partial charge < -0.3 is 4.42 Å². The van der Waals surface area contributed by atoms with Crippen LogP contribution >= 0.6 is 11.3 Å². The summed E-state index contributed by atoms with van der Waals surface area (Å²) in [4.78, 5) is 4.28. The average molecular weight is 209 g/mol. The van der Waals surface area contributed by atoms with Crippen molar-refractivity contribution in [1.82, 2.24) is 15.2 Å². The van der Waals surface area contributed by atoms with Gasteiger partial charge in [-0.05, 0) is 6.92 Å². The molecule has 0 saturated heterocycles. The summed E-state index contributed by atoms with van der Waals surface area (Å²) < 4.78 is 5.47. The van der Waals surface area contributed by atoms with Crippen LogP contribution in [0.5, 0.6) is 0 Å². The van der Waals surface area contributed by atoms with Crippen LogP contribution in [0.1, 0.15) is 31.4 Å². The maximum atomic E-state index is 5.47. The number of rotatable bonds is 2. The fourth-order valence-electron chi connectivity index (χ4n) is 1.01. The van der Waals surface area contributed by atoms with Crippen molar-refractivity contribution in [3.8, 4) is 10.9 Å². The van der Waals surface area contributed by atoms with Gasteiger partial charge >= 0.3 is 0 Å². The molecule has 0 amide bonds. The summed E-state index contributed by atoms with van der Waals surface area (Å²) in [6.07, 6.45) is 0. The van der Waals surface area contributed by atoms with Crippen LogP contribution in [-0.4, -0.2) is 15.2 Å². The molecule has 0 saturated carbocycles. The normalized spacial score (nSPS) is 11.1. The lowest BCUT2D eigenvalue weighted by atomic mass is 10.2. The number of hydrogen-bond acceptors (Lipinski definition) is 5. The van der Waals surface area contributed by atoms with E-state index in [-0.39, 0.29) is 5.92 Å². The molecule has 5 heteroatoms. The number of nitrogens with zero attached hydrogens (tertiary/aromatic N) is 3. The van der Waals surface area contributed by atoms with Crippen molar-refractivity contribution in [3.05, 3.63) is 17.0 Å². The van der Waals surface area contributed by atoms with Crippen molar-refractivity contribution >= 4 is 11.3 Å². The van der Waals surface area contributed by atoms with E-state index in [4.69, 9.17) is 4.42 Å². The molecule has 0 fully saturated rings. The summed E-state index contributed by atoms with van der Waals surface area (Å²) in [5, 5.41) is 10.7. The monoisotopic (exact) mass is 209 g/mol. The summed E-state index contributed by atoms with van der Waals surface area (Å²) in [5.74, 6) is 1.44. The van der Waals surface area contributed by atoms with Crippen LogP contribution in [0.2, 0.25) is 0 Å². The molecule has 4 nitrogen and oxygen atoms in total. The second-order valence-electron chi connectivity index (χ2n) is 3.39. The lowest BCUT2D eigenvalue weighted by Crippen LogP contribution is -1.85. The fourth-order valence-corrected chi connectivity index (χ4v) is 1.72. The van der Waals surface area contributed by atoms with Crippen molar-refractivity contribution < 1.29 is 4.42 Å². The highest BCUT2D eigenvalue weighted by molar-refractivity contribution is 7.13. The van der Waals surface area contributed by atoms with Crippen LogP contribution in [0.3, 0.4) is 0 Å². The van der Waals surface area contributed by atoms with Crippen LogP contribution in [0, 0.1) is 6.92 Å². The van der Waals surface area contributed by atoms with Crippen molar-refractivity contribution in [2.75, 3.05) is 0 Å². The molecular formula is C9H11N3OS. The fraction of sp³-hybridized carbons (Fsp3) is 0.444. The molecule has 0 spiro atoms. The van der Waals surface area contributed by atoms with E-state index in [1.807, 2.05) is 26.2 Å². The van der Waals surface area contributed by atoms with E-state index in [9.17, 15) is 0 Å². The van der Waals surface area contributed by atoms with E-state index < -0.39 is 0 Å². The lowest BCUT2D eigenvalue weighted by molar-refractivity contribution is 0.480. The van der Waals surface area contributed by atoms with Gasteiger partial charge in [-0.3, -0.25) is 0 Å². The Balaban J connectivity index is 2.33. The summed E-state index contributed by atoms with van der Waals surface area (Å²) in [7, 11) is 0. The lowest BCUT2D eigenvalue weighted by Gasteiger charge is -1.93. The Bertz CT molecular complexity index is 433.